The number of halogens is 6. The number of aromatic nitrogens is 1. The van der Waals surface area contributed by atoms with Gasteiger partial charge in [-0.05, 0) is 30.9 Å². The van der Waals surface area contributed by atoms with Gasteiger partial charge in [-0.1, -0.05) is 38.0 Å². The number of para-hydroxylation sites is 1. The minimum atomic E-state index is -5.82. The van der Waals surface area contributed by atoms with E-state index < -0.39 is 67.1 Å². The average molecular weight is 593 g/mol. The molecule has 0 unspecified atom stereocenters. The Kier molecular flexibility index (Phi) is 10.4. The van der Waals surface area contributed by atoms with E-state index in [4.69, 9.17) is 0 Å². The summed E-state index contributed by atoms with van der Waals surface area (Å²) in [5.41, 5.74) is 0.789. The maximum Gasteiger partial charge on any atom is 0.423 e. The van der Waals surface area contributed by atoms with Gasteiger partial charge in [0, 0.05) is 23.4 Å². The molecule has 41 heavy (non-hydrogen) atoms. The Hall–Kier alpha value is -3.62. The lowest BCUT2D eigenvalue weighted by Gasteiger charge is -2.25. The highest BCUT2D eigenvalue weighted by Gasteiger charge is 2.58. The second kappa shape index (κ2) is 13.4. The minimum Gasteiger partial charge on any atom is -0.356 e. The number of hydrogen-bond acceptors (Lipinski definition) is 5. The number of fused-ring (bicyclic) bond motifs is 1. The molecule has 0 bridgehead atoms. The number of H-pyrrole nitrogens is 1. The van der Waals surface area contributed by atoms with Crippen molar-refractivity contribution in [1.29, 1.82) is 0 Å². The van der Waals surface area contributed by atoms with Gasteiger partial charge in [0.25, 0.3) is 5.91 Å². The highest BCUT2D eigenvalue weighted by atomic mass is 19.4. The van der Waals surface area contributed by atoms with E-state index in [9.17, 15) is 45.5 Å². The Bertz CT molecular complexity index is 1190. The van der Waals surface area contributed by atoms with Crippen LogP contribution in [-0.4, -0.2) is 72.7 Å². The molecule has 226 valence electrons. The number of rotatable bonds is 10. The monoisotopic (exact) mass is 592 g/mol. The van der Waals surface area contributed by atoms with Crippen LogP contribution in [0.5, 0.6) is 0 Å². The van der Waals surface area contributed by atoms with E-state index in [0.29, 0.717) is 5.52 Å². The minimum absolute atomic E-state index is 0.128. The molecule has 1 aromatic heterocycles. The molecule has 4 N–H and O–H groups in total. The third kappa shape index (κ3) is 9.76. The first-order valence-corrected chi connectivity index (χ1v) is 12.9. The predicted octanol–water partition coefficient (Wildman–Crippen LogP) is 3.40. The molecule has 1 aliphatic carbocycles. The molecule has 15 heteroatoms. The number of hydrogen-bond donors (Lipinski definition) is 4. The van der Waals surface area contributed by atoms with Crippen LogP contribution in [0.25, 0.3) is 10.9 Å². The topological polar surface area (TPSA) is 129 Å². The van der Waals surface area contributed by atoms with E-state index in [2.05, 4.69) is 32.6 Å². The van der Waals surface area contributed by atoms with Crippen molar-refractivity contribution in [3.63, 3.8) is 0 Å². The molecule has 0 spiro atoms. The summed E-state index contributed by atoms with van der Waals surface area (Å²) in [7, 11) is 0. The van der Waals surface area contributed by atoms with Gasteiger partial charge in [-0.15, -0.1) is 0 Å². The summed E-state index contributed by atoms with van der Waals surface area (Å²) in [6.45, 7) is 0.244. The van der Waals surface area contributed by atoms with Crippen molar-refractivity contribution in [2.24, 2.45) is 11.8 Å². The van der Waals surface area contributed by atoms with Crippen molar-refractivity contribution in [3.8, 4) is 0 Å². The normalized spacial score (nSPS) is 18.0. The molecule has 2 heterocycles. The molecule has 2 aromatic rings. The number of ether oxygens (including phenoxy) is 1. The molecular formula is C26H30F6N4O5. The second-order valence-corrected chi connectivity index (χ2v) is 10.0. The maximum absolute atomic E-state index is 12.7. The van der Waals surface area contributed by atoms with E-state index >= 15 is 0 Å². The molecule has 2 fully saturated rings. The fraction of sp³-hybridized carbons (Fsp3) is 0.538. The van der Waals surface area contributed by atoms with Gasteiger partial charge in [-0.2, -0.15) is 26.3 Å². The number of alkyl halides is 6. The molecule has 2 aliphatic rings. The molecule has 1 aromatic carbocycles. The highest BCUT2D eigenvalue weighted by molar-refractivity contribution is 6.00. The van der Waals surface area contributed by atoms with Crippen LogP contribution < -0.4 is 16.0 Å². The van der Waals surface area contributed by atoms with Gasteiger partial charge in [0.1, 0.15) is 12.3 Å². The molecule has 1 saturated carbocycles. The molecular weight excluding hydrogens is 562 g/mol. The third-order valence-electron chi connectivity index (χ3n) is 6.44. The fourth-order valence-corrected chi connectivity index (χ4v) is 3.93. The molecule has 1 saturated heterocycles. The maximum atomic E-state index is 12.7. The van der Waals surface area contributed by atoms with Crippen molar-refractivity contribution in [3.05, 3.63) is 36.0 Å². The molecule has 2 atom stereocenters. The van der Waals surface area contributed by atoms with Gasteiger partial charge in [0.05, 0.1) is 12.6 Å². The van der Waals surface area contributed by atoms with Crippen LogP contribution in [0, 0.1) is 11.8 Å². The summed E-state index contributed by atoms with van der Waals surface area (Å²) in [5.74, 6) is -3.14. The van der Waals surface area contributed by atoms with E-state index in [1.54, 1.807) is 24.3 Å². The molecule has 4 rings (SSSR count). The molecule has 1 aliphatic heterocycles. The second-order valence-electron chi connectivity index (χ2n) is 10.0. The Balaban J connectivity index is 0.00000106. The summed E-state index contributed by atoms with van der Waals surface area (Å²) < 4.78 is 80.2. The summed E-state index contributed by atoms with van der Waals surface area (Å²) in [4.78, 5) is 51.9. The molecule has 9 nitrogen and oxygen atoms in total. The van der Waals surface area contributed by atoms with Gasteiger partial charge in [-0.3, -0.25) is 19.2 Å². The zero-order valence-corrected chi connectivity index (χ0v) is 22.0. The SMILES string of the molecule is CC1CC1.O=C(CNC(=O)c1cc2ccccc2[nH]1)N[C@@H](C[C@@H]1CCNC1=O)C(=O)COC(C(F)(F)F)C(F)(F)F. The first-order valence-electron chi connectivity index (χ1n) is 12.9. The smallest absolute Gasteiger partial charge is 0.356 e. The summed E-state index contributed by atoms with van der Waals surface area (Å²) in [5, 5.41) is 7.66. The van der Waals surface area contributed by atoms with Crippen molar-refractivity contribution in [2.45, 2.75) is 57.1 Å². The first-order chi connectivity index (χ1) is 19.1. The lowest BCUT2D eigenvalue weighted by Crippen LogP contribution is -2.50. The molecule has 3 amide bonds. The predicted molar refractivity (Wildman–Crippen MR) is 134 cm³/mol. The Labute approximate surface area is 230 Å². The van der Waals surface area contributed by atoms with Crippen LogP contribution in [0.2, 0.25) is 0 Å². The van der Waals surface area contributed by atoms with Crippen molar-refractivity contribution in [1.82, 2.24) is 20.9 Å². The highest BCUT2D eigenvalue weighted by Crippen LogP contribution is 2.35. The summed E-state index contributed by atoms with van der Waals surface area (Å²) >= 11 is 0. The molecule has 0 radical (unpaired) electrons. The zero-order chi connectivity index (χ0) is 30.4. The zero-order valence-electron chi connectivity index (χ0n) is 22.0. The Morgan fingerprint density at radius 2 is 1.68 bits per heavy atom. The largest absolute Gasteiger partial charge is 0.423 e. The van der Waals surface area contributed by atoms with Gasteiger partial charge in [0.2, 0.25) is 17.9 Å². The van der Waals surface area contributed by atoms with Crippen molar-refractivity contribution < 1.29 is 50.3 Å². The average Bonchev–Trinajstić information content (AvgIpc) is 3.36. The standard InChI is InChI=1S/C22H22F6N4O5.C4H8/c23-21(24,25)20(22(26,27)28)37-10-16(33)14(8-12-5-6-29-18(12)35)32-17(34)9-30-19(36)15-7-11-3-1-2-4-13(11)31-15;1-4-2-3-4/h1-4,7,12,14,20,31H,5-6,8-10H2,(H,29,35)(H,30,36)(H,32,34);4H,2-3H2,1H3/t12-,14-;/m0./s1. The van der Waals surface area contributed by atoms with Crippen molar-refractivity contribution >= 4 is 34.4 Å². The van der Waals surface area contributed by atoms with Crippen LogP contribution in [0.15, 0.2) is 30.3 Å². The summed E-state index contributed by atoms with van der Waals surface area (Å²) in [6, 6.07) is 6.86. The van der Waals surface area contributed by atoms with Crippen molar-refractivity contribution in [2.75, 3.05) is 19.7 Å². The van der Waals surface area contributed by atoms with Gasteiger partial charge >= 0.3 is 12.4 Å². The van der Waals surface area contributed by atoms with Crippen LogP contribution in [-0.2, 0) is 19.1 Å². The van der Waals surface area contributed by atoms with E-state index in [1.807, 2.05) is 0 Å². The lowest BCUT2D eigenvalue weighted by atomic mass is 9.96. The number of nitrogens with one attached hydrogen (secondary N) is 4. The number of ketones is 1. The van der Waals surface area contributed by atoms with Gasteiger partial charge in [-0.25, -0.2) is 0 Å². The Morgan fingerprint density at radius 3 is 2.22 bits per heavy atom. The van der Waals surface area contributed by atoms with E-state index in [0.717, 1.165) is 11.3 Å². The van der Waals surface area contributed by atoms with E-state index in [-0.39, 0.29) is 25.1 Å². The van der Waals surface area contributed by atoms with Crippen LogP contribution in [0.3, 0.4) is 0 Å². The van der Waals surface area contributed by atoms with Crippen LogP contribution in [0.4, 0.5) is 26.3 Å². The lowest BCUT2D eigenvalue weighted by molar-refractivity contribution is -0.319. The fourth-order valence-electron chi connectivity index (χ4n) is 3.93. The number of Topliss-reactive ketones (excluding diaryl/α,β-unsaturated/α-hetero) is 1. The quantitative estimate of drug-likeness (QED) is 0.315. The van der Waals surface area contributed by atoms with Gasteiger partial charge < -0.3 is 25.7 Å². The Morgan fingerprint density at radius 1 is 1.05 bits per heavy atom. The first kappa shape index (κ1) is 31.9. The van der Waals surface area contributed by atoms with Crippen LogP contribution >= 0.6 is 0 Å². The number of carbonyl (C=O) groups excluding carboxylic acids is 4. The third-order valence-corrected chi connectivity index (χ3v) is 6.44. The number of carbonyl (C=O) groups is 4. The number of benzene rings is 1. The number of amides is 3. The number of aromatic amines is 1. The van der Waals surface area contributed by atoms with Crippen LogP contribution in [0.1, 0.15) is 43.1 Å². The van der Waals surface area contributed by atoms with E-state index in [1.165, 1.54) is 18.9 Å². The summed E-state index contributed by atoms with van der Waals surface area (Å²) in [6.07, 6.45) is -13.0. The van der Waals surface area contributed by atoms with Gasteiger partial charge in [0.15, 0.2) is 5.78 Å².